The molecule has 10 rings (SSSR count). The molecular weight excluding hydrogens is 693 g/mol. The Kier molecular flexibility index (Phi) is 8.54. The second-order valence-electron chi connectivity index (χ2n) is 13.8. The molecule has 5 aromatic carbocycles. The molecule has 2 aliphatic carbocycles. The number of nitrogens with zero attached hydrogens (tertiary/aromatic N) is 6. The Morgan fingerprint density at radius 3 is 1.64 bits per heavy atom. The second-order valence-corrected chi connectivity index (χ2v) is 14.8. The quantitative estimate of drug-likeness (QED) is 0.163. The normalized spacial score (nSPS) is 16.0. The number of hydrogen-bond acceptors (Lipinski definition) is 7. The van der Waals surface area contributed by atoms with Gasteiger partial charge in [0.15, 0.2) is 23.3 Å². The highest BCUT2D eigenvalue weighted by Crippen LogP contribution is 2.33. The summed E-state index contributed by atoms with van der Waals surface area (Å²) >= 11 is 1.78. The molecule has 2 unspecified atom stereocenters. The van der Waals surface area contributed by atoms with Crippen LogP contribution in [0.25, 0.3) is 78.9 Å². The Morgan fingerprint density at radius 1 is 0.455 bits per heavy atom. The van der Waals surface area contributed by atoms with E-state index < -0.39 is 0 Å². The number of hydrogen-bond donors (Lipinski definition) is 0. The standard InChI is InChI=1S/C48H34N6S/c1-5-14-31(15-6-1)32-24-26-36(27-25-32)46-50-45(35-20-11-4-12-21-35)53-48(54-46)40-23-13-22-39-38-29-28-37(30-41(38)55-42(39)40)47-51-43(33-16-7-2-8-17-33)49-44(52-47)34-18-9-3-10-19-34/h1-20,22-27,29-30,35,37H,21,28H2. The van der Waals surface area contributed by atoms with E-state index >= 15 is 0 Å². The molecule has 6 nitrogen and oxygen atoms in total. The molecule has 7 heteroatoms. The molecule has 2 aliphatic rings. The summed E-state index contributed by atoms with van der Waals surface area (Å²) in [6.07, 6.45) is 14.8. The first-order valence-corrected chi connectivity index (χ1v) is 19.4. The first-order chi connectivity index (χ1) is 27.2. The number of rotatable bonds is 7. The summed E-state index contributed by atoms with van der Waals surface area (Å²) in [7, 11) is 0. The predicted octanol–water partition coefficient (Wildman–Crippen LogP) is 9.95. The van der Waals surface area contributed by atoms with Gasteiger partial charge >= 0.3 is 0 Å². The van der Waals surface area contributed by atoms with Gasteiger partial charge in [-0.05, 0) is 35.3 Å². The molecule has 8 aromatic rings. The number of fused-ring (bicyclic) bond motifs is 3. The van der Waals surface area contributed by atoms with Gasteiger partial charge in [0.2, 0.25) is 0 Å². The minimum atomic E-state index is -0.00248. The van der Waals surface area contributed by atoms with Crippen molar-refractivity contribution < 1.29 is 0 Å². The zero-order chi connectivity index (χ0) is 36.6. The monoisotopic (exact) mass is 726 g/mol. The minimum Gasteiger partial charge on any atom is -0.212 e. The van der Waals surface area contributed by atoms with Crippen LogP contribution in [-0.2, 0) is 0 Å². The SMILES string of the molecule is C1=CCC(c2nc(-c3ccc(-c4ccccc4)cc3)nc(-c3cccc4c5c(sc34)=CC(c3nc(-c4ccccc4)nc(-c4ccccc4)n3)CC=5)n2)C=C1. The molecule has 3 heterocycles. The van der Waals surface area contributed by atoms with E-state index in [4.69, 9.17) is 29.9 Å². The fourth-order valence-corrected chi connectivity index (χ4v) is 8.67. The van der Waals surface area contributed by atoms with E-state index in [0.717, 1.165) is 57.0 Å². The van der Waals surface area contributed by atoms with Crippen LogP contribution in [0, 0.1) is 0 Å². The van der Waals surface area contributed by atoms with Crippen molar-refractivity contribution in [3.05, 3.63) is 179 Å². The van der Waals surface area contributed by atoms with Crippen LogP contribution in [-0.4, -0.2) is 29.9 Å². The smallest absolute Gasteiger partial charge is 0.165 e. The van der Waals surface area contributed by atoms with Crippen LogP contribution in [0.3, 0.4) is 0 Å². The summed E-state index contributed by atoms with van der Waals surface area (Å²) in [5.74, 6) is 4.36. The summed E-state index contributed by atoms with van der Waals surface area (Å²) in [5, 5.41) is 2.44. The van der Waals surface area contributed by atoms with Gasteiger partial charge in [-0.25, -0.2) is 29.9 Å². The van der Waals surface area contributed by atoms with Crippen LogP contribution in [0.1, 0.15) is 36.3 Å². The van der Waals surface area contributed by atoms with Crippen molar-refractivity contribution >= 4 is 33.6 Å². The summed E-state index contributed by atoms with van der Waals surface area (Å²) in [6, 6.07) is 45.7. The lowest BCUT2D eigenvalue weighted by molar-refractivity contribution is 0.764. The Bertz CT molecular complexity index is 2810. The first kappa shape index (κ1) is 32.9. The first-order valence-electron chi connectivity index (χ1n) is 18.6. The Morgan fingerprint density at radius 2 is 1.00 bits per heavy atom. The van der Waals surface area contributed by atoms with E-state index in [2.05, 4.69) is 127 Å². The molecule has 0 saturated carbocycles. The molecule has 0 saturated heterocycles. The summed E-state index contributed by atoms with van der Waals surface area (Å²) in [6.45, 7) is 0. The van der Waals surface area contributed by atoms with E-state index in [1.54, 1.807) is 11.3 Å². The summed E-state index contributed by atoms with van der Waals surface area (Å²) < 4.78 is 2.36. The molecular formula is C48H34N6S. The molecule has 0 amide bonds. The van der Waals surface area contributed by atoms with Gasteiger partial charge in [0.25, 0.3) is 0 Å². The maximum atomic E-state index is 5.17. The van der Waals surface area contributed by atoms with Crippen LogP contribution >= 0.6 is 11.3 Å². The number of benzene rings is 5. The molecule has 2 atom stereocenters. The van der Waals surface area contributed by atoms with Gasteiger partial charge in [-0.3, -0.25) is 0 Å². The highest BCUT2D eigenvalue weighted by molar-refractivity contribution is 7.17. The van der Waals surface area contributed by atoms with E-state index in [-0.39, 0.29) is 11.8 Å². The number of aromatic nitrogens is 6. The Labute approximate surface area is 322 Å². The van der Waals surface area contributed by atoms with Crippen molar-refractivity contribution in [3.63, 3.8) is 0 Å². The highest BCUT2D eigenvalue weighted by Gasteiger charge is 2.22. The van der Waals surface area contributed by atoms with Crippen LogP contribution in [0.2, 0.25) is 0 Å². The van der Waals surface area contributed by atoms with Crippen LogP contribution in [0.4, 0.5) is 0 Å². The van der Waals surface area contributed by atoms with Gasteiger partial charge in [-0.2, -0.15) is 0 Å². The molecule has 0 aliphatic heterocycles. The lowest BCUT2D eigenvalue weighted by atomic mass is 9.98. The van der Waals surface area contributed by atoms with Crippen LogP contribution in [0.15, 0.2) is 158 Å². The summed E-state index contributed by atoms with van der Waals surface area (Å²) in [5.41, 5.74) is 6.25. The third-order valence-electron chi connectivity index (χ3n) is 10.2. The molecule has 0 bridgehead atoms. The molecule has 55 heavy (non-hydrogen) atoms. The highest BCUT2D eigenvalue weighted by atomic mass is 32.1. The molecule has 0 fully saturated rings. The maximum Gasteiger partial charge on any atom is 0.165 e. The fourth-order valence-electron chi connectivity index (χ4n) is 7.36. The van der Waals surface area contributed by atoms with Crippen molar-refractivity contribution in [2.24, 2.45) is 0 Å². The predicted molar refractivity (Wildman–Crippen MR) is 223 cm³/mol. The average Bonchev–Trinajstić information content (AvgIpc) is 3.66. The lowest BCUT2D eigenvalue weighted by Crippen LogP contribution is -2.24. The van der Waals surface area contributed by atoms with Gasteiger partial charge < -0.3 is 0 Å². The zero-order valence-electron chi connectivity index (χ0n) is 29.8. The zero-order valence-corrected chi connectivity index (χ0v) is 30.6. The molecule has 262 valence electrons. The molecule has 0 N–H and O–H groups in total. The van der Waals surface area contributed by atoms with E-state index in [1.165, 1.54) is 20.7 Å². The van der Waals surface area contributed by atoms with Crippen molar-refractivity contribution in [1.29, 1.82) is 0 Å². The maximum absolute atomic E-state index is 5.17. The Hall–Kier alpha value is -6.70. The fraction of sp³-hybridized carbons (Fsp3) is 0.0833. The largest absolute Gasteiger partial charge is 0.212 e. The number of thiophene rings is 1. The van der Waals surface area contributed by atoms with Gasteiger partial charge in [-0.15, -0.1) is 11.3 Å². The lowest BCUT2D eigenvalue weighted by Gasteiger charge is -2.14. The summed E-state index contributed by atoms with van der Waals surface area (Å²) in [4.78, 5) is 30.4. The second kappa shape index (κ2) is 14.3. The van der Waals surface area contributed by atoms with Gasteiger partial charge in [0.05, 0.1) is 0 Å². The van der Waals surface area contributed by atoms with E-state index in [9.17, 15) is 0 Å². The van der Waals surface area contributed by atoms with Crippen molar-refractivity contribution in [2.45, 2.75) is 24.7 Å². The van der Waals surface area contributed by atoms with Crippen molar-refractivity contribution in [3.8, 4) is 56.7 Å². The average molecular weight is 727 g/mol. The van der Waals surface area contributed by atoms with Gasteiger partial charge in [0, 0.05) is 48.7 Å². The molecule has 0 radical (unpaired) electrons. The van der Waals surface area contributed by atoms with Crippen LogP contribution in [0.5, 0.6) is 0 Å². The Balaban J connectivity index is 1.07. The van der Waals surface area contributed by atoms with Crippen LogP contribution < -0.4 is 9.75 Å². The number of allylic oxidation sites excluding steroid dienone is 4. The van der Waals surface area contributed by atoms with Crippen molar-refractivity contribution in [1.82, 2.24) is 29.9 Å². The van der Waals surface area contributed by atoms with E-state index in [0.29, 0.717) is 23.3 Å². The van der Waals surface area contributed by atoms with Crippen molar-refractivity contribution in [2.75, 3.05) is 0 Å². The van der Waals surface area contributed by atoms with Gasteiger partial charge in [-0.1, -0.05) is 164 Å². The van der Waals surface area contributed by atoms with Gasteiger partial charge in [0.1, 0.15) is 11.6 Å². The minimum absolute atomic E-state index is 0.00248. The third kappa shape index (κ3) is 6.49. The topological polar surface area (TPSA) is 77.3 Å². The third-order valence-corrected chi connectivity index (χ3v) is 11.4. The molecule has 3 aromatic heterocycles. The molecule has 0 spiro atoms. The van der Waals surface area contributed by atoms with E-state index in [1.807, 2.05) is 42.5 Å².